The van der Waals surface area contributed by atoms with Crippen LogP contribution in [0.4, 0.5) is 5.69 Å². The second-order valence-corrected chi connectivity index (χ2v) is 12.7. The number of amides is 3. The number of nitrogens with one attached hydrogen (secondary N) is 2. The molecule has 4 aliphatic heterocycles. The van der Waals surface area contributed by atoms with E-state index in [9.17, 15) is 19.5 Å². The fourth-order valence-corrected chi connectivity index (χ4v) is 7.87. The van der Waals surface area contributed by atoms with E-state index in [1.54, 1.807) is 24.3 Å². The minimum atomic E-state index is -1.18. The molecule has 2 aromatic rings. The van der Waals surface area contributed by atoms with Crippen LogP contribution in [0.1, 0.15) is 32.3 Å². The molecule has 0 aliphatic carbocycles. The molecular formula is C34H44N4O7. The SMILES string of the molecule is CCOc1ccc(NC(=O)[C@H]2[C@H]3C(=O)N([C@@H](CO)Cc4ccccc4)C(C(=O)NCCN4CCOCC4)C34CC[C@]2(C)O4)cc1. The Morgan fingerprint density at radius 3 is 2.49 bits per heavy atom. The third kappa shape index (κ3) is 5.94. The lowest BCUT2D eigenvalue weighted by Crippen LogP contribution is -2.59. The molecule has 3 N–H and O–H groups in total. The van der Waals surface area contributed by atoms with Crippen molar-refractivity contribution in [1.29, 1.82) is 0 Å². The summed E-state index contributed by atoms with van der Waals surface area (Å²) in [5.41, 5.74) is -0.574. The van der Waals surface area contributed by atoms with Gasteiger partial charge in [0.05, 0.1) is 49.9 Å². The van der Waals surface area contributed by atoms with Crippen LogP contribution >= 0.6 is 0 Å². The summed E-state index contributed by atoms with van der Waals surface area (Å²) in [5, 5.41) is 16.7. The van der Waals surface area contributed by atoms with Crippen LogP contribution in [0, 0.1) is 11.8 Å². The summed E-state index contributed by atoms with van der Waals surface area (Å²) < 4.78 is 17.7. The van der Waals surface area contributed by atoms with Crippen molar-refractivity contribution in [3.8, 4) is 5.75 Å². The Balaban J connectivity index is 1.29. The molecule has 6 rings (SSSR count). The van der Waals surface area contributed by atoms with E-state index < -0.39 is 35.1 Å². The van der Waals surface area contributed by atoms with Gasteiger partial charge in [-0.25, -0.2) is 0 Å². The average Bonchev–Trinajstić information content (AvgIpc) is 3.62. The summed E-state index contributed by atoms with van der Waals surface area (Å²) in [7, 11) is 0. The Morgan fingerprint density at radius 1 is 1.07 bits per heavy atom. The number of benzene rings is 2. The molecule has 4 fully saturated rings. The van der Waals surface area contributed by atoms with Gasteiger partial charge in [-0.15, -0.1) is 0 Å². The molecule has 2 aromatic carbocycles. The summed E-state index contributed by atoms with van der Waals surface area (Å²) in [5.74, 6) is -1.94. The highest BCUT2D eigenvalue weighted by Crippen LogP contribution is 2.63. The Labute approximate surface area is 264 Å². The van der Waals surface area contributed by atoms with Crippen molar-refractivity contribution in [2.75, 3.05) is 57.9 Å². The van der Waals surface area contributed by atoms with Gasteiger partial charge >= 0.3 is 0 Å². The third-order valence-corrected chi connectivity index (χ3v) is 9.93. The summed E-state index contributed by atoms with van der Waals surface area (Å²) in [6, 6.07) is 15.1. The molecule has 4 heterocycles. The highest BCUT2D eigenvalue weighted by Gasteiger charge is 2.78. The lowest BCUT2D eigenvalue weighted by molar-refractivity contribution is -0.148. The first kappa shape index (κ1) is 31.5. The number of carbonyl (C=O) groups is 3. The molecule has 0 saturated carbocycles. The number of fused-ring (bicyclic) bond motifs is 1. The second kappa shape index (κ2) is 13.1. The zero-order valence-corrected chi connectivity index (χ0v) is 26.1. The van der Waals surface area contributed by atoms with E-state index in [1.165, 1.54) is 4.90 Å². The number of aliphatic hydroxyl groups excluding tert-OH is 1. The minimum absolute atomic E-state index is 0.317. The Bertz CT molecular complexity index is 1370. The van der Waals surface area contributed by atoms with E-state index in [-0.39, 0.29) is 24.3 Å². The molecule has 11 heteroatoms. The minimum Gasteiger partial charge on any atom is -0.494 e. The summed E-state index contributed by atoms with van der Waals surface area (Å²) in [4.78, 5) is 46.5. The number of rotatable bonds is 12. The van der Waals surface area contributed by atoms with Crippen molar-refractivity contribution in [2.45, 2.75) is 56.4 Å². The molecule has 6 atom stereocenters. The molecule has 2 unspecified atom stereocenters. The van der Waals surface area contributed by atoms with Gasteiger partial charge < -0.3 is 34.9 Å². The maximum atomic E-state index is 14.6. The van der Waals surface area contributed by atoms with Crippen molar-refractivity contribution >= 4 is 23.4 Å². The summed E-state index contributed by atoms with van der Waals surface area (Å²) in [6.07, 6.45) is 1.37. The van der Waals surface area contributed by atoms with Gasteiger partial charge in [-0.2, -0.15) is 0 Å². The molecule has 0 radical (unpaired) electrons. The van der Waals surface area contributed by atoms with E-state index in [1.807, 2.05) is 44.2 Å². The largest absolute Gasteiger partial charge is 0.494 e. The van der Waals surface area contributed by atoms with Crippen molar-refractivity contribution in [2.24, 2.45) is 11.8 Å². The molecule has 1 spiro atoms. The highest BCUT2D eigenvalue weighted by atomic mass is 16.5. The van der Waals surface area contributed by atoms with Crippen LogP contribution in [0.2, 0.25) is 0 Å². The number of morpholine rings is 1. The molecule has 11 nitrogen and oxygen atoms in total. The Morgan fingerprint density at radius 2 is 1.80 bits per heavy atom. The van der Waals surface area contributed by atoms with Gasteiger partial charge in [-0.05, 0) is 62.9 Å². The summed E-state index contributed by atoms with van der Waals surface area (Å²) in [6.45, 7) is 7.96. The Kier molecular flexibility index (Phi) is 9.15. The highest BCUT2D eigenvalue weighted by molar-refractivity contribution is 6.02. The maximum Gasteiger partial charge on any atom is 0.245 e. The van der Waals surface area contributed by atoms with E-state index in [4.69, 9.17) is 14.2 Å². The fourth-order valence-electron chi connectivity index (χ4n) is 7.87. The monoisotopic (exact) mass is 620 g/mol. The van der Waals surface area contributed by atoms with Crippen molar-refractivity contribution in [1.82, 2.24) is 15.1 Å². The van der Waals surface area contributed by atoms with Gasteiger partial charge in [0.2, 0.25) is 17.7 Å². The first-order valence-corrected chi connectivity index (χ1v) is 16.1. The standard InChI is InChI=1S/C34H44N4O7/c1-3-44-26-11-9-24(10-12-26)36-30(40)27-28-32(42)38(25(22-39)21-23-7-5-4-6-8-23)29(34(28)14-13-33(27,2)45-34)31(41)35-15-16-37-17-19-43-20-18-37/h4-12,25,27-29,39H,3,13-22H2,1-2H3,(H,35,41)(H,36,40)/t25-,27-,28+,29?,33+,34?/m1/s1. The Hall–Kier alpha value is -3.51. The lowest BCUT2D eigenvalue weighted by Gasteiger charge is -2.37. The van der Waals surface area contributed by atoms with E-state index in [2.05, 4.69) is 15.5 Å². The van der Waals surface area contributed by atoms with Gasteiger partial charge in [0.15, 0.2) is 0 Å². The molecule has 2 bridgehead atoms. The molecule has 45 heavy (non-hydrogen) atoms. The van der Waals surface area contributed by atoms with Gasteiger partial charge in [0, 0.05) is 31.9 Å². The van der Waals surface area contributed by atoms with Gasteiger partial charge in [0.1, 0.15) is 17.4 Å². The number of likely N-dealkylation sites (tertiary alicyclic amines) is 1. The number of anilines is 1. The number of hydrogen-bond acceptors (Lipinski definition) is 8. The zero-order chi connectivity index (χ0) is 31.6. The van der Waals surface area contributed by atoms with Crippen LogP contribution in [0.25, 0.3) is 0 Å². The molecule has 4 aliphatic rings. The van der Waals surface area contributed by atoms with Gasteiger partial charge in [-0.1, -0.05) is 30.3 Å². The molecule has 0 aromatic heterocycles. The van der Waals surface area contributed by atoms with E-state index in [0.717, 1.165) is 18.7 Å². The predicted molar refractivity (Wildman–Crippen MR) is 167 cm³/mol. The predicted octanol–water partition coefficient (Wildman–Crippen LogP) is 1.84. The van der Waals surface area contributed by atoms with E-state index >= 15 is 0 Å². The van der Waals surface area contributed by atoms with Crippen LogP contribution in [-0.4, -0.2) is 109 Å². The van der Waals surface area contributed by atoms with Crippen molar-refractivity contribution < 1.29 is 33.7 Å². The van der Waals surface area contributed by atoms with Crippen molar-refractivity contribution in [3.05, 3.63) is 60.2 Å². The number of hydrogen-bond donors (Lipinski definition) is 3. The van der Waals surface area contributed by atoms with Crippen LogP contribution in [0.3, 0.4) is 0 Å². The number of aliphatic hydroxyl groups is 1. The smallest absolute Gasteiger partial charge is 0.245 e. The first-order chi connectivity index (χ1) is 21.8. The topological polar surface area (TPSA) is 130 Å². The molecule has 242 valence electrons. The number of ether oxygens (including phenoxy) is 3. The normalized spacial score (nSPS) is 29.8. The number of carbonyl (C=O) groups excluding carboxylic acids is 3. The fraction of sp³-hybridized carbons (Fsp3) is 0.559. The first-order valence-electron chi connectivity index (χ1n) is 16.1. The van der Waals surface area contributed by atoms with Gasteiger partial charge in [0.25, 0.3) is 0 Å². The molecule has 3 amide bonds. The lowest BCUT2D eigenvalue weighted by atomic mass is 9.66. The van der Waals surface area contributed by atoms with E-state index in [0.29, 0.717) is 63.6 Å². The zero-order valence-electron chi connectivity index (χ0n) is 26.1. The van der Waals surface area contributed by atoms with Crippen LogP contribution in [-0.2, 0) is 30.3 Å². The second-order valence-electron chi connectivity index (χ2n) is 12.7. The molecular weight excluding hydrogens is 576 g/mol. The maximum absolute atomic E-state index is 14.6. The quantitative estimate of drug-likeness (QED) is 0.328. The van der Waals surface area contributed by atoms with Crippen molar-refractivity contribution in [3.63, 3.8) is 0 Å². The van der Waals surface area contributed by atoms with Crippen LogP contribution in [0.5, 0.6) is 5.75 Å². The van der Waals surface area contributed by atoms with Gasteiger partial charge in [-0.3, -0.25) is 19.3 Å². The summed E-state index contributed by atoms with van der Waals surface area (Å²) >= 11 is 0. The van der Waals surface area contributed by atoms with Crippen LogP contribution < -0.4 is 15.4 Å². The number of nitrogens with zero attached hydrogens (tertiary/aromatic N) is 2. The molecule has 4 saturated heterocycles. The average molecular weight is 621 g/mol. The van der Waals surface area contributed by atoms with Crippen LogP contribution in [0.15, 0.2) is 54.6 Å². The third-order valence-electron chi connectivity index (χ3n) is 9.93.